The van der Waals surface area contributed by atoms with Gasteiger partial charge in [-0.2, -0.15) is 33.7 Å². The zero-order valence-corrected chi connectivity index (χ0v) is 35.4. The molecule has 2 aliphatic rings. The van der Waals surface area contributed by atoms with Crippen LogP contribution < -0.4 is 38.3 Å². The predicted molar refractivity (Wildman–Crippen MR) is 217 cm³/mol. The second-order valence-corrected chi connectivity index (χ2v) is 19.4. The molecule has 2 amide bonds. The van der Waals surface area contributed by atoms with E-state index in [4.69, 9.17) is 30.5 Å². The molecule has 1 unspecified atom stereocenters. The molecule has 0 spiro atoms. The van der Waals surface area contributed by atoms with Gasteiger partial charge < -0.3 is 25.5 Å². The number of carbonyl (C=O) groups is 3. The van der Waals surface area contributed by atoms with E-state index in [0.29, 0.717) is 6.42 Å². The number of allylic oxidation sites excluding steroid dienone is 1. The van der Waals surface area contributed by atoms with Crippen molar-refractivity contribution < 1.29 is 75.8 Å². The normalized spacial score (nSPS) is 14.0. The van der Waals surface area contributed by atoms with Crippen LogP contribution in [0.3, 0.4) is 0 Å². The fourth-order valence-corrected chi connectivity index (χ4v) is 8.27. The maximum atomic E-state index is 13.6. The number of unbranched alkanes of at least 4 members (excludes halogenated alkanes) is 1. The Kier molecular flexibility index (Phi) is 17.0. The average Bonchev–Trinajstić information content (AvgIpc) is 3.14. The topological polar surface area (TPSA) is 405 Å². The Balaban J connectivity index is 2.09. The van der Waals surface area contributed by atoms with E-state index in [0.717, 1.165) is 49.5 Å². The standard InChI is InChI=1S/C34H44N6O17S4/c1-20(60(51,52)53)29-23(7-4-13-35)28(24-11-12-26(36)31(30(24)57-29)61(54,55)56)22-10-9-21(19-25(22)34(43)44)32(41)38-27(33(42)39-37)8-2-3-14-40(15-5-17-58(45,46)47)16-6-18-59(48,49)50/h4,7,9-13,19,27,36H,2-3,5-6,8,14-18,35,37H2,1H3,(H,38,41)(H,39,42)(H,43,44)(H,45,46,47)(H,48,49,50)(H,51,52,53)(H,54,55,56)/b13-4?,23-7?,29-20-,36-26?. The summed E-state index contributed by atoms with van der Waals surface area (Å²) in [7, 11) is -18.9. The number of hydrogen-bond acceptors (Lipinski definition) is 16. The Morgan fingerprint density at radius 2 is 1.44 bits per heavy atom. The summed E-state index contributed by atoms with van der Waals surface area (Å²) in [6.45, 7) is 1.37. The highest BCUT2D eigenvalue weighted by Gasteiger charge is 2.30. The van der Waals surface area contributed by atoms with Gasteiger partial charge >= 0.3 is 5.97 Å². The van der Waals surface area contributed by atoms with Gasteiger partial charge in [0.2, 0.25) is 0 Å². The van der Waals surface area contributed by atoms with E-state index in [1.54, 1.807) is 4.90 Å². The summed E-state index contributed by atoms with van der Waals surface area (Å²) < 4.78 is 138. The zero-order valence-electron chi connectivity index (χ0n) is 32.1. The second kappa shape index (κ2) is 20.6. The number of nitrogens with zero attached hydrogens (tertiary/aromatic N) is 1. The van der Waals surface area contributed by atoms with Crippen LogP contribution in [0.4, 0.5) is 0 Å². The summed E-state index contributed by atoms with van der Waals surface area (Å²) in [5, 5.41) is 19.9. The van der Waals surface area contributed by atoms with Crippen molar-refractivity contribution in [1.82, 2.24) is 15.6 Å². The first-order chi connectivity index (χ1) is 28.2. The predicted octanol–water partition coefficient (Wildman–Crippen LogP) is -1.14. The number of amides is 2. The van der Waals surface area contributed by atoms with Crippen LogP contribution in [-0.4, -0.2) is 117 Å². The summed E-state index contributed by atoms with van der Waals surface area (Å²) in [6, 6.07) is 3.86. The molecule has 1 aliphatic heterocycles. The number of fused-ring (bicyclic) bond motifs is 1. The van der Waals surface area contributed by atoms with Crippen LogP contribution in [-0.2, 0) is 45.3 Å². The number of nitrogens with two attached hydrogens (primary N) is 2. The number of benzene rings is 2. The summed E-state index contributed by atoms with van der Waals surface area (Å²) >= 11 is 0. The number of hydrazine groups is 1. The fourth-order valence-electron chi connectivity index (χ4n) is 6.16. The Labute approximate surface area is 349 Å². The van der Waals surface area contributed by atoms with Crippen LogP contribution in [0.1, 0.15) is 59.7 Å². The molecule has 1 atom stereocenters. The largest absolute Gasteiger partial charge is 0.478 e. The van der Waals surface area contributed by atoms with Gasteiger partial charge in [0.15, 0.2) is 16.1 Å². The van der Waals surface area contributed by atoms with Crippen molar-refractivity contribution in [2.75, 3.05) is 31.1 Å². The van der Waals surface area contributed by atoms with E-state index >= 15 is 0 Å². The lowest BCUT2D eigenvalue weighted by atomic mass is 9.90. The molecule has 1 aliphatic carbocycles. The van der Waals surface area contributed by atoms with E-state index in [2.05, 4.69) is 5.32 Å². The van der Waals surface area contributed by atoms with Crippen LogP contribution in [0.25, 0.3) is 33.4 Å². The minimum atomic E-state index is -5.28. The molecule has 3 rings (SSSR count). The third-order valence-electron chi connectivity index (χ3n) is 8.95. The zero-order chi connectivity index (χ0) is 46.1. The van der Waals surface area contributed by atoms with Crippen molar-refractivity contribution in [1.29, 1.82) is 5.41 Å². The molecule has 0 aromatic heterocycles. The Morgan fingerprint density at radius 1 is 0.869 bits per heavy atom. The molecule has 1 heterocycles. The minimum absolute atomic E-state index is 0.00221. The highest BCUT2D eigenvalue weighted by atomic mass is 32.2. The molecule has 0 fully saturated rings. The number of carbonyl (C=O) groups excluding carboxylic acids is 2. The first kappa shape index (κ1) is 50.3. The SMILES string of the molecule is C/C(=c1/oc2c(S(=O)(=O)O)c(=N)ccc-2c(-c2ccc(C(=O)NC(CCCCN(CCCS(=O)(=O)O)CCCS(=O)(=O)O)C(=O)NN)cc2C(=O)O)c1=CC=CN)S(=O)(=O)O. The van der Waals surface area contributed by atoms with Gasteiger partial charge in [-0.3, -0.25) is 38.6 Å². The van der Waals surface area contributed by atoms with Crippen molar-refractivity contribution in [3.8, 4) is 22.5 Å². The van der Waals surface area contributed by atoms with Gasteiger partial charge in [0.1, 0.15) is 10.9 Å². The van der Waals surface area contributed by atoms with Gasteiger partial charge in [-0.1, -0.05) is 6.07 Å². The quantitative estimate of drug-likeness (QED) is 0.0198. The first-order valence-electron chi connectivity index (χ1n) is 17.7. The van der Waals surface area contributed by atoms with Crippen LogP contribution in [0, 0.1) is 5.41 Å². The number of carboxylic acid groups (broad SMARTS) is 1. The minimum Gasteiger partial charge on any atom is -0.478 e. The third kappa shape index (κ3) is 14.2. The Bertz CT molecular complexity index is 2770. The van der Waals surface area contributed by atoms with Gasteiger partial charge in [-0.15, -0.1) is 0 Å². The molecule has 0 saturated carbocycles. The van der Waals surface area contributed by atoms with Gasteiger partial charge in [0, 0.05) is 21.9 Å². The smallest absolute Gasteiger partial charge is 0.336 e. The van der Waals surface area contributed by atoms with Crippen molar-refractivity contribution in [3.63, 3.8) is 0 Å². The third-order valence-corrected chi connectivity index (χ3v) is 12.4. The highest BCUT2D eigenvalue weighted by molar-refractivity contribution is 7.94. The fraction of sp³-hybridized carbons (Fsp3) is 0.353. The van der Waals surface area contributed by atoms with Gasteiger partial charge in [-0.05, 0) is 107 Å². The van der Waals surface area contributed by atoms with E-state index in [9.17, 15) is 62.3 Å². The number of aromatic carboxylic acids is 1. The van der Waals surface area contributed by atoms with E-state index in [1.807, 2.05) is 5.43 Å². The highest BCUT2D eigenvalue weighted by Crippen LogP contribution is 2.35. The number of rotatable bonds is 21. The molecule has 336 valence electrons. The van der Waals surface area contributed by atoms with Gasteiger partial charge in [0.25, 0.3) is 52.3 Å². The molecule has 1 aromatic rings. The Morgan fingerprint density at radius 3 is 1.95 bits per heavy atom. The monoisotopic (exact) mass is 936 g/mol. The number of hydrogen-bond donors (Lipinski definition) is 10. The van der Waals surface area contributed by atoms with E-state index in [-0.39, 0.29) is 72.8 Å². The van der Waals surface area contributed by atoms with Gasteiger partial charge in [0.05, 0.1) is 22.4 Å². The van der Waals surface area contributed by atoms with E-state index in [1.165, 1.54) is 6.08 Å². The molecule has 0 saturated heterocycles. The molecular weight excluding hydrogens is 893 g/mol. The average molecular weight is 937 g/mol. The number of nitrogens with one attached hydrogen (secondary N) is 3. The van der Waals surface area contributed by atoms with Crippen molar-refractivity contribution in [2.45, 2.75) is 50.0 Å². The molecule has 12 N–H and O–H groups in total. The molecule has 61 heavy (non-hydrogen) atoms. The summed E-state index contributed by atoms with van der Waals surface area (Å²) in [4.78, 5) is 38.8. The lowest BCUT2D eigenvalue weighted by molar-refractivity contribution is -0.123. The maximum absolute atomic E-state index is 13.6. The number of carboxylic acids is 1. The molecule has 1 aromatic carbocycles. The molecule has 23 nitrogen and oxygen atoms in total. The lowest BCUT2D eigenvalue weighted by Gasteiger charge is -2.23. The summed E-state index contributed by atoms with van der Waals surface area (Å²) in [5.74, 6) is -0.0696. The van der Waals surface area contributed by atoms with Crippen LogP contribution in [0.2, 0.25) is 0 Å². The van der Waals surface area contributed by atoms with Crippen molar-refractivity contribution >= 4 is 69.2 Å². The second-order valence-electron chi connectivity index (χ2n) is 13.3. The maximum Gasteiger partial charge on any atom is 0.336 e. The first-order valence-corrected chi connectivity index (χ1v) is 23.8. The molecule has 0 radical (unpaired) electrons. The van der Waals surface area contributed by atoms with Crippen LogP contribution in [0.5, 0.6) is 0 Å². The van der Waals surface area contributed by atoms with Crippen LogP contribution >= 0.6 is 0 Å². The van der Waals surface area contributed by atoms with E-state index < -0.39 is 108 Å². The Hall–Kier alpha value is -5.10. The molecule has 0 bridgehead atoms. The van der Waals surface area contributed by atoms with Crippen molar-refractivity contribution in [2.24, 2.45) is 11.6 Å². The summed E-state index contributed by atoms with van der Waals surface area (Å²) in [5.41, 5.74) is 4.89. The molecular formula is C34H44N6O17S4. The molecule has 27 heteroatoms. The summed E-state index contributed by atoms with van der Waals surface area (Å²) in [6.07, 6.45) is 3.79. The van der Waals surface area contributed by atoms with Crippen molar-refractivity contribution in [3.05, 3.63) is 69.7 Å². The lowest BCUT2D eigenvalue weighted by Crippen LogP contribution is -2.49. The van der Waals surface area contributed by atoms with Gasteiger partial charge in [-0.25, -0.2) is 10.6 Å². The van der Waals surface area contributed by atoms with Crippen LogP contribution in [0.15, 0.2) is 51.9 Å².